The van der Waals surface area contributed by atoms with Gasteiger partial charge < -0.3 is 10.6 Å². The second kappa shape index (κ2) is 9.63. The van der Waals surface area contributed by atoms with Gasteiger partial charge >= 0.3 is 0 Å². The first-order chi connectivity index (χ1) is 14.3. The minimum Gasteiger partial charge on any atom is -0.354 e. The highest BCUT2D eigenvalue weighted by atomic mass is 32.2. The van der Waals surface area contributed by atoms with Gasteiger partial charge in [-0.3, -0.25) is 9.59 Å². The summed E-state index contributed by atoms with van der Waals surface area (Å²) in [6, 6.07) is 12.2. The van der Waals surface area contributed by atoms with Gasteiger partial charge in [0, 0.05) is 35.8 Å². The van der Waals surface area contributed by atoms with E-state index in [4.69, 9.17) is 0 Å². The Kier molecular flexibility index (Phi) is 7.17. The summed E-state index contributed by atoms with van der Waals surface area (Å²) in [5, 5.41) is 5.43. The number of hydrogen-bond acceptors (Lipinski definition) is 5. The minimum absolute atomic E-state index is 0.00866. The van der Waals surface area contributed by atoms with E-state index >= 15 is 0 Å². The summed E-state index contributed by atoms with van der Waals surface area (Å²) in [5.74, 6) is 0.0406. The predicted molar refractivity (Wildman–Crippen MR) is 117 cm³/mol. The lowest BCUT2D eigenvalue weighted by Crippen LogP contribution is -2.49. The lowest BCUT2D eigenvalue weighted by atomic mass is 10.1. The van der Waals surface area contributed by atoms with Crippen LogP contribution in [0.25, 0.3) is 0 Å². The van der Waals surface area contributed by atoms with Crippen LogP contribution in [0.3, 0.4) is 0 Å². The van der Waals surface area contributed by atoms with Crippen molar-refractivity contribution in [2.45, 2.75) is 23.6 Å². The molecule has 0 saturated carbocycles. The van der Waals surface area contributed by atoms with Crippen molar-refractivity contribution >= 4 is 33.6 Å². The average Bonchev–Trinajstić information content (AvgIpc) is 2.73. The number of benzene rings is 2. The van der Waals surface area contributed by atoms with E-state index in [0.29, 0.717) is 12.3 Å². The van der Waals surface area contributed by atoms with Crippen molar-refractivity contribution in [1.29, 1.82) is 0 Å². The smallest absolute Gasteiger partial charge is 0.251 e. The van der Waals surface area contributed by atoms with E-state index in [9.17, 15) is 18.0 Å². The Morgan fingerprint density at radius 3 is 2.70 bits per heavy atom. The summed E-state index contributed by atoms with van der Waals surface area (Å²) in [5.41, 5.74) is 2.75. The van der Waals surface area contributed by atoms with Gasteiger partial charge in [0.15, 0.2) is 0 Å². The first-order valence-electron chi connectivity index (χ1n) is 9.62. The quantitative estimate of drug-likeness (QED) is 0.500. The number of rotatable bonds is 7. The number of thioether (sulfide) groups is 1. The second-order valence-corrected chi connectivity index (χ2v) is 10.2. The van der Waals surface area contributed by atoms with E-state index in [1.54, 1.807) is 17.8 Å². The maximum atomic E-state index is 12.8. The maximum Gasteiger partial charge on any atom is 0.251 e. The summed E-state index contributed by atoms with van der Waals surface area (Å²) in [6.07, 6.45) is 0. The standard InChI is InChI=1S/C21H25N3O4S2/c1-15-6-7-18(12-16(15)2)29-11-9-23-21(26)17-4-3-5-19(13-17)30(27,28)24-10-8-22-20(25)14-24/h3-7,12-13H,8-11,14H2,1-2H3,(H,22,25)(H,23,26). The zero-order valence-corrected chi connectivity index (χ0v) is 18.6. The van der Waals surface area contributed by atoms with Crippen LogP contribution >= 0.6 is 11.8 Å². The molecule has 0 aliphatic carbocycles. The molecule has 9 heteroatoms. The fourth-order valence-corrected chi connectivity index (χ4v) is 5.31. The van der Waals surface area contributed by atoms with Gasteiger partial charge in [0.2, 0.25) is 15.9 Å². The Morgan fingerprint density at radius 2 is 1.97 bits per heavy atom. The molecule has 2 amide bonds. The second-order valence-electron chi connectivity index (χ2n) is 7.07. The van der Waals surface area contributed by atoms with Gasteiger partial charge in [0.25, 0.3) is 5.91 Å². The van der Waals surface area contributed by atoms with E-state index in [-0.39, 0.29) is 41.9 Å². The van der Waals surface area contributed by atoms with Gasteiger partial charge in [-0.05, 0) is 55.3 Å². The van der Waals surface area contributed by atoms with E-state index in [1.807, 2.05) is 0 Å². The van der Waals surface area contributed by atoms with E-state index in [0.717, 1.165) is 9.20 Å². The van der Waals surface area contributed by atoms with Crippen molar-refractivity contribution in [3.63, 3.8) is 0 Å². The third-order valence-electron chi connectivity index (χ3n) is 4.87. The molecule has 2 aromatic carbocycles. The summed E-state index contributed by atoms with van der Waals surface area (Å²) in [4.78, 5) is 25.2. The lowest BCUT2D eigenvalue weighted by molar-refractivity contribution is -0.122. The normalized spacial score (nSPS) is 14.9. The van der Waals surface area contributed by atoms with Crippen LogP contribution in [0.2, 0.25) is 0 Å². The van der Waals surface area contributed by atoms with Crippen LogP contribution in [0.1, 0.15) is 21.5 Å². The minimum atomic E-state index is -3.83. The van der Waals surface area contributed by atoms with Crippen LogP contribution in [0.15, 0.2) is 52.3 Å². The Hall–Kier alpha value is -2.36. The Bertz CT molecular complexity index is 1050. The van der Waals surface area contributed by atoms with Crippen LogP contribution in [-0.2, 0) is 14.8 Å². The molecule has 2 aromatic rings. The Balaban J connectivity index is 1.59. The first-order valence-corrected chi connectivity index (χ1v) is 12.0. The van der Waals surface area contributed by atoms with Crippen molar-refractivity contribution in [1.82, 2.24) is 14.9 Å². The number of carbonyl (C=O) groups is 2. The molecule has 1 saturated heterocycles. The highest BCUT2D eigenvalue weighted by Crippen LogP contribution is 2.21. The van der Waals surface area contributed by atoms with Gasteiger partial charge in [-0.2, -0.15) is 4.31 Å². The molecule has 0 atom stereocenters. The van der Waals surface area contributed by atoms with Crippen LogP contribution in [0.4, 0.5) is 0 Å². The summed E-state index contributed by atoms with van der Waals surface area (Å²) >= 11 is 1.65. The molecular weight excluding hydrogens is 422 g/mol. The summed E-state index contributed by atoms with van der Waals surface area (Å²) in [7, 11) is -3.83. The highest BCUT2D eigenvalue weighted by Gasteiger charge is 2.29. The van der Waals surface area contributed by atoms with E-state index < -0.39 is 10.0 Å². The number of sulfonamides is 1. The van der Waals surface area contributed by atoms with Crippen molar-refractivity contribution in [3.8, 4) is 0 Å². The number of nitrogens with one attached hydrogen (secondary N) is 2. The molecule has 0 bridgehead atoms. The Morgan fingerprint density at radius 1 is 1.17 bits per heavy atom. The summed E-state index contributed by atoms with van der Waals surface area (Å²) in [6.45, 7) is 4.86. The molecular formula is C21H25N3O4S2. The molecule has 1 fully saturated rings. The van der Waals surface area contributed by atoms with E-state index in [2.05, 4.69) is 42.7 Å². The summed E-state index contributed by atoms with van der Waals surface area (Å²) < 4.78 is 26.7. The van der Waals surface area contributed by atoms with Gasteiger partial charge in [-0.25, -0.2) is 8.42 Å². The fraction of sp³-hybridized carbons (Fsp3) is 0.333. The van der Waals surface area contributed by atoms with E-state index in [1.165, 1.54) is 29.3 Å². The molecule has 1 heterocycles. The molecule has 0 spiro atoms. The lowest BCUT2D eigenvalue weighted by Gasteiger charge is -2.26. The maximum absolute atomic E-state index is 12.8. The van der Waals surface area contributed by atoms with Crippen molar-refractivity contribution < 1.29 is 18.0 Å². The molecule has 30 heavy (non-hydrogen) atoms. The number of hydrogen-bond donors (Lipinski definition) is 2. The van der Waals surface area contributed by atoms with Crippen molar-refractivity contribution in [2.24, 2.45) is 0 Å². The number of amides is 2. The predicted octanol–water partition coefficient (Wildman–Crippen LogP) is 1.95. The number of aryl methyl sites for hydroxylation is 2. The number of nitrogens with zero attached hydrogens (tertiary/aromatic N) is 1. The van der Waals surface area contributed by atoms with Crippen LogP contribution < -0.4 is 10.6 Å². The fourth-order valence-electron chi connectivity index (χ4n) is 3.01. The monoisotopic (exact) mass is 447 g/mol. The highest BCUT2D eigenvalue weighted by molar-refractivity contribution is 7.99. The van der Waals surface area contributed by atoms with Crippen molar-refractivity contribution in [2.75, 3.05) is 31.9 Å². The van der Waals surface area contributed by atoms with Crippen LogP contribution in [0.5, 0.6) is 0 Å². The molecule has 0 aromatic heterocycles. The number of piperazine rings is 1. The van der Waals surface area contributed by atoms with Crippen LogP contribution in [-0.4, -0.2) is 56.5 Å². The molecule has 2 N–H and O–H groups in total. The molecule has 160 valence electrons. The van der Waals surface area contributed by atoms with Gasteiger partial charge in [0.05, 0.1) is 11.4 Å². The number of carbonyl (C=O) groups excluding carboxylic acids is 2. The zero-order chi connectivity index (χ0) is 21.7. The van der Waals surface area contributed by atoms with Gasteiger partial charge in [0.1, 0.15) is 0 Å². The average molecular weight is 448 g/mol. The third-order valence-corrected chi connectivity index (χ3v) is 7.71. The third kappa shape index (κ3) is 5.41. The SMILES string of the molecule is Cc1ccc(SCCNC(=O)c2cccc(S(=O)(=O)N3CCNC(=O)C3)c2)cc1C. The van der Waals surface area contributed by atoms with Crippen LogP contribution in [0, 0.1) is 13.8 Å². The topological polar surface area (TPSA) is 95.6 Å². The van der Waals surface area contributed by atoms with Crippen molar-refractivity contribution in [3.05, 3.63) is 59.2 Å². The molecule has 0 radical (unpaired) electrons. The molecule has 7 nitrogen and oxygen atoms in total. The zero-order valence-electron chi connectivity index (χ0n) is 17.0. The van der Waals surface area contributed by atoms with Gasteiger partial charge in [-0.1, -0.05) is 12.1 Å². The molecule has 1 aliphatic heterocycles. The largest absolute Gasteiger partial charge is 0.354 e. The molecule has 1 aliphatic rings. The Labute approximate surface area is 181 Å². The molecule has 3 rings (SSSR count). The first kappa shape index (κ1) is 22.3. The molecule has 0 unspecified atom stereocenters. The van der Waals surface area contributed by atoms with Gasteiger partial charge in [-0.15, -0.1) is 11.8 Å².